The second-order valence-corrected chi connectivity index (χ2v) is 5.98. The van der Waals surface area contributed by atoms with Crippen LogP contribution < -0.4 is 15.6 Å². The van der Waals surface area contributed by atoms with E-state index in [0.29, 0.717) is 44.9 Å². The van der Waals surface area contributed by atoms with Crippen LogP contribution in [0.1, 0.15) is 18.1 Å². The van der Waals surface area contributed by atoms with Gasteiger partial charge in [0.1, 0.15) is 12.3 Å². The van der Waals surface area contributed by atoms with E-state index in [1.54, 1.807) is 18.2 Å². The maximum atomic E-state index is 12.1. The van der Waals surface area contributed by atoms with Gasteiger partial charge in [-0.2, -0.15) is 0 Å². The van der Waals surface area contributed by atoms with E-state index in [1.807, 2.05) is 25.1 Å². The van der Waals surface area contributed by atoms with Crippen LogP contribution in [0.2, 0.25) is 10.0 Å². The number of para-hydroxylation sites is 1. The Hall–Kier alpha value is -2.08. The number of carbonyl (C=O) groups is 1. The number of hydrogen-bond acceptors (Lipinski definition) is 4. The summed E-state index contributed by atoms with van der Waals surface area (Å²) in [6, 6.07) is 10.6. The predicted molar refractivity (Wildman–Crippen MR) is 96.3 cm³/mol. The van der Waals surface area contributed by atoms with Gasteiger partial charge >= 0.3 is 0 Å². The van der Waals surface area contributed by atoms with Crippen LogP contribution in [0.3, 0.4) is 0 Å². The summed E-state index contributed by atoms with van der Waals surface area (Å²) in [6.07, 6.45) is 0. The number of benzene rings is 2. The van der Waals surface area contributed by atoms with Crippen molar-refractivity contribution in [3.8, 4) is 5.75 Å². The predicted octanol–water partition coefficient (Wildman–Crippen LogP) is 3.45. The molecule has 2 aromatic carbocycles. The number of aliphatic imine (C=N–C) groups is 1. The molecule has 0 unspecified atom stereocenters. The molecular weight excluding hydrogens is 349 g/mol. The highest BCUT2D eigenvalue weighted by molar-refractivity contribution is 6.39. The van der Waals surface area contributed by atoms with Crippen LogP contribution in [0.4, 0.5) is 5.69 Å². The van der Waals surface area contributed by atoms with Crippen molar-refractivity contribution in [2.45, 2.75) is 6.92 Å². The summed E-state index contributed by atoms with van der Waals surface area (Å²) in [6.45, 7) is 2.23. The van der Waals surface area contributed by atoms with Gasteiger partial charge in [0.2, 0.25) is 0 Å². The van der Waals surface area contributed by atoms with Crippen molar-refractivity contribution in [1.29, 1.82) is 0 Å². The maximum absolute atomic E-state index is 12.1. The van der Waals surface area contributed by atoms with Gasteiger partial charge in [-0.3, -0.25) is 9.79 Å². The van der Waals surface area contributed by atoms with Crippen LogP contribution in [0.5, 0.6) is 5.75 Å². The number of nitrogens with two attached hydrogens (primary N) is 1. The van der Waals surface area contributed by atoms with Gasteiger partial charge in [-0.05, 0) is 25.1 Å². The molecule has 1 aliphatic heterocycles. The number of anilines is 1. The summed E-state index contributed by atoms with van der Waals surface area (Å²) >= 11 is 12.5. The van der Waals surface area contributed by atoms with Crippen molar-refractivity contribution < 1.29 is 9.53 Å². The second-order valence-electron chi connectivity index (χ2n) is 5.14. The number of carbonyl (C=O) groups excluding carboxylic acids is 1. The van der Waals surface area contributed by atoms with Crippen LogP contribution in [0.25, 0.3) is 0 Å². The molecule has 1 heterocycles. The highest BCUT2D eigenvalue weighted by Gasteiger charge is 2.26. The molecule has 5 nitrogen and oxygen atoms in total. The number of hydrazine groups is 1. The van der Waals surface area contributed by atoms with Crippen molar-refractivity contribution in [3.63, 3.8) is 0 Å². The highest BCUT2D eigenvalue weighted by atomic mass is 35.5. The molecule has 0 saturated heterocycles. The van der Waals surface area contributed by atoms with Crippen LogP contribution >= 0.6 is 23.2 Å². The van der Waals surface area contributed by atoms with Crippen molar-refractivity contribution in [2.24, 2.45) is 10.8 Å². The number of hydrogen-bond donors (Lipinski definition) is 1. The Bertz CT molecular complexity index is 837. The third-order valence-electron chi connectivity index (χ3n) is 3.62. The van der Waals surface area contributed by atoms with Crippen molar-refractivity contribution in [3.05, 3.63) is 57.6 Å². The average Bonchev–Trinajstić information content (AvgIpc) is 2.67. The topological polar surface area (TPSA) is 67.9 Å². The Labute approximate surface area is 149 Å². The zero-order valence-electron chi connectivity index (χ0n) is 12.9. The summed E-state index contributed by atoms with van der Waals surface area (Å²) in [5, 5.41) is 1.97. The van der Waals surface area contributed by atoms with E-state index in [9.17, 15) is 4.79 Å². The number of fused-ring (bicyclic) bond motifs is 1. The number of rotatable bonds is 3. The molecule has 0 atom stereocenters. The number of benzodiazepines with no additional fused rings is 1. The summed E-state index contributed by atoms with van der Waals surface area (Å²) in [5.74, 6) is 6.12. The van der Waals surface area contributed by atoms with E-state index in [2.05, 4.69) is 4.99 Å². The van der Waals surface area contributed by atoms with Gasteiger partial charge in [-0.1, -0.05) is 41.4 Å². The van der Waals surface area contributed by atoms with Gasteiger partial charge < -0.3 is 4.74 Å². The third kappa shape index (κ3) is 2.98. The van der Waals surface area contributed by atoms with E-state index in [-0.39, 0.29) is 12.5 Å². The average molecular weight is 364 g/mol. The molecule has 7 heteroatoms. The molecule has 1 aliphatic rings. The van der Waals surface area contributed by atoms with E-state index in [0.717, 1.165) is 5.01 Å². The fraction of sp³-hybridized carbons (Fsp3) is 0.176. The minimum absolute atomic E-state index is 0.0783. The third-order valence-corrected chi connectivity index (χ3v) is 4.13. The smallest absolute Gasteiger partial charge is 0.262 e. The van der Waals surface area contributed by atoms with Crippen molar-refractivity contribution in [2.75, 3.05) is 18.2 Å². The van der Waals surface area contributed by atoms with Gasteiger partial charge in [0.15, 0.2) is 0 Å². The molecule has 2 N–H and O–H groups in total. The van der Waals surface area contributed by atoms with E-state index >= 15 is 0 Å². The fourth-order valence-corrected chi connectivity index (χ4v) is 3.15. The summed E-state index contributed by atoms with van der Waals surface area (Å²) < 4.78 is 5.68. The van der Waals surface area contributed by atoms with Crippen LogP contribution in [0.15, 0.2) is 41.4 Å². The van der Waals surface area contributed by atoms with Crippen LogP contribution in [-0.4, -0.2) is 24.8 Å². The van der Waals surface area contributed by atoms with Gasteiger partial charge in [0.25, 0.3) is 5.91 Å². The molecule has 0 radical (unpaired) electrons. The Morgan fingerprint density at radius 1 is 1.29 bits per heavy atom. The number of amides is 1. The lowest BCUT2D eigenvalue weighted by atomic mass is 9.99. The van der Waals surface area contributed by atoms with E-state index < -0.39 is 0 Å². The standard InChI is InChI=1S/C17H15Cl2N3O2/c1-2-24-14-8-10(18)7-12(19)16(14)17-11-5-3-4-6-13(11)22(20)15(23)9-21-17/h3-8H,2,9,20H2,1H3. The van der Waals surface area contributed by atoms with Crippen molar-refractivity contribution in [1.82, 2.24) is 0 Å². The van der Waals surface area contributed by atoms with Crippen LogP contribution in [-0.2, 0) is 4.79 Å². The van der Waals surface area contributed by atoms with E-state index in [4.69, 9.17) is 33.8 Å². The van der Waals surface area contributed by atoms with Gasteiger partial charge in [-0.15, -0.1) is 0 Å². The molecule has 1 amide bonds. The Morgan fingerprint density at radius 3 is 2.79 bits per heavy atom. The largest absolute Gasteiger partial charge is 0.493 e. The lowest BCUT2D eigenvalue weighted by Crippen LogP contribution is -2.38. The molecule has 2 aromatic rings. The molecule has 0 fully saturated rings. The maximum Gasteiger partial charge on any atom is 0.262 e. The first-order valence-electron chi connectivity index (χ1n) is 7.36. The summed E-state index contributed by atoms with van der Waals surface area (Å²) in [7, 11) is 0. The summed E-state index contributed by atoms with van der Waals surface area (Å²) in [5.41, 5.74) is 2.42. The first-order valence-corrected chi connectivity index (χ1v) is 8.12. The summed E-state index contributed by atoms with van der Waals surface area (Å²) in [4.78, 5) is 16.5. The van der Waals surface area contributed by atoms with Crippen LogP contribution in [0, 0.1) is 0 Å². The van der Waals surface area contributed by atoms with Gasteiger partial charge in [0.05, 0.1) is 28.6 Å². The molecule has 3 rings (SSSR count). The first-order chi connectivity index (χ1) is 11.5. The van der Waals surface area contributed by atoms with Gasteiger partial charge in [-0.25, -0.2) is 10.9 Å². The Morgan fingerprint density at radius 2 is 2.04 bits per heavy atom. The monoisotopic (exact) mass is 363 g/mol. The normalized spacial score (nSPS) is 14.1. The van der Waals surface area contributed by atoms with E-state index in [1.165, 1.54) is 0 Å². The molecule has 0 spiro atoms. The number of nitrogens with zero attached hydrogens (tertiary/aromatic N) is 2. The minimum atomic E-state index is -0.305. The molecular formula is C17H15Cl2N3O2. The lowest BCUT2D eigenvalue weighted by molar-refractivity contribution is -0.117. The zero-order valence-corrected chi connectivity index (χ0v) is 14.4. The van der Waals surface area contributed by atoms with Crippen molar-refractivity contribution >= 4 is 40.5 Å². The molecule has 0 aromatic heterocycles. The Balaban J connectivity index is 2.26. The highest BCUT2D eigenvalue weighted by Crippen LogP contribution is 2.36. The fourth-order valence-electron chi connectivity index (χ4n) is 2.59. The Kier molecular flexibility index (Phi) is 4.76. The number of ether oxygens (including phenoxy) is 1. The molecule has 0 aliphatic carbocycles. The second kappa shape index (κ2) is 6.81. The molecule has 0 bridgehead atoms. The quantitative estimate of drug-likeness (QED) is 0.670. The molecule has 0 saturated carbocycles. The number of halogens is 2. The molecule has 24 heavy (non-hydrogen) atoms. The lowest BCUT2D eigenvalue weighted by Gasteiger charge is -2.18. The first kappa shape index (κ1) is 16.8. The SMILES string of the molecule is CCOc1cc(Cl)cc(Cl)c1C1=NCC(=O)N(N)c2ccccc21. The zero-order chi connectivity index (χ0) is 17.3. The minimum Gasteiger partial charge on any atom is -0.493 e. The van der Waals surface area contributed by atoms with Gasteiger partial charge in [0, 0.05) is 10.6 Å². The molecule has 124 valence electrons.